The molecule has 0 saturated carbocycles. The fourth-order valence-electron chi connectivity index (χ4n) is 2.65. The maximum Gasteiger partial charge on any atom is 0.283 e. The van der Waals surface area contributed by atoms with Crippen molar-refractivity contribution in [3.05, 3.63) is 35.4 Å². The molecule has 1 aromatic carbocycles. The Morgan fingerprint density at radius 3 is 2.46 bits per heavy atom. The molecule has 0 spiro atoms. The number of carbonyl (C=O) groups excluding carboxylic acids is 1. The van der Waals surface area contributed by atoms with Crippen molar-refractivity contribution < 1.29 is 13.2 Å². The van der Waals surface area contributed by atoms with Gasteiger partial charge >= 0.3 is 0 Å². The predicted octanol–water partition coefficient (Wildman–Crippen LogP) is 2.40. The molecule has 2 aliphatic rings. The van der Waals surface area contributed by atoms with E-state index in [2.05, 4.69) is 10.1 Å². The van der Waals surface area contributed by atoms with Crippen LogP contribution in [-0.2, 0) is 14.6 Å². The first-order valence-corrected chi connectivity index (χ1v) is 11.1. The first-order valence-electron chi connectivity index (χ1n) is 8.59. The highest BCUT2D eigenvalue weighted by Crippen LogP contribution is 2.31. The molecule has 2 aliphatic heterocycles. The predicted molar refractivity (Wildman–Crippen MR) is 114 cm³/mol. The fraction of sp³-hybridized carbons (Fsp3) is 0.333. The number of aliphatic imine (C=N–C) groups is 1. The van der Waals surface area contributed by atoms with Crippen molar-refractivity contribution in [2.24, 2.45) is 16.0 Å². The first-order chi connectivity index (χ1) is 13.1. The van der Waals surface area contributed by atoms with Crippen molar-refractivity contribution in [1.82, 2.24) is 5.01 Å². The number of fused-ring (bicyclic) bond motifs is 1. The highest BCUT2D eigenvalue weighted by molar-refractivity contribution is 8.42. The fourth-order valence-corrected chi connectivity index (χ4v) is 5.43. The van der Waals surface area contributed by atoms with E-state index in [0.717, 1.165) is 28.0 Å². The average molecular weight is 420 g/mol. The van der Waals surface area contributed by atoms with Gasteiger partial charge in [0, 0.05) is 19.8 Å². The molecule has 10 heteroatoms. The van der Waals surface area contributed by atoms with E-state index in [1.165, 1.54) is 0 Å². The van der Waals surface area contributed by atoms with Crippen molar-refractivity contribution >= 4 is 54.6 Å². The van der Waals surface area contributed by atoms with E-state index in [1.54, 1.807) is 19.9 Å². The molecule has 3 rings (SSSR count). The van der Waals surface area contributed by atoms with Gasteiger partial charge in [-0.1, -0.05) is 26.0 Å². The number of thioether (sulfide) groups is 1. The molecule has 0 unspecified atom stereocenters. The lowest BCUT2D eigenvalue weighted by molar-refractivity contribution is -0.114. The molecular weight excluding hydrogens is 398 g/mol. The van der Waals surface area contributed by atoms with Gasteiger partial charge in [-0.15, -0.1) is 5.10 Å². The maximum absolute atomic E-state index is 12.4. The summed E-state index contributed by atoms with van der Waals surface area (Å²) < 4.78 is 24.7. The third-order valence-corrected chi connectivity index (χ3v) is 7.41. The zero-order valence-electron chi connectivity index (χ0n) is 16.0. The Hall–Kier alpha value is -2.46. The Morgan fingerprint density at radius 2 is 1.89 bits per heavy atom. The molecule has 8 nitrogen and oxygen atoms in total. The summed E-state index contributed by atoms with van der Waals surface area (Å²) in [5.74, 6) is -0.885. The molecule has 0 aromatic heterocycles. The average Bonchev–Trinajstić information content (AvgIpc) is 3.03. The largest absolute Gasteiger partial charge is 0.378 e. The summed E-state index contributed by atoms with van der Waals surface area (Å²) in [7, 11) is 0.268. The summed E-state index contributed by atoms with van der Waals surface area (Å²) in [4.78, 5) is 18.3. The minimum absolute atomic E-state index is 0.0534. The molecule has 0 fully saturated rings. The van der Waals surface area contributed by atoms with E-state index in [9.17, 15) is 13.2 Å². The molecule has 0 saturated heterocycles. The monoisotopic (exact) mass is 419 g/mol. The standard InChI is InChI=1S/C18H21N5O3S2/c1-11(2)10-28(25,26)18-21-23-15(19)14(16(24)20-17(23)27-18)9-12-5-7-13(8-6-12)22(3)4/h5-9,11,19H,10H2,1-4H3/b14-9+,19-15?. The molecule has 1 aromatic rings. The molecule has 0 bridgehead atoms. The van der Waals surface area contributed by atoms with Crippen LogP contribution in [0.4, 0.5) is 5.69 Å². The smallest absolute Gasteiger partial charge is 0.283 e. The number of benzene rings is 1. The number of rotatable bonds is 4. The number of anilines is 1. The molecule has 0 atom stereocenters. The third-order valence-electron chi connectivity index (χ3n) is 3.98. The number of hydrogen-bond donors (Lipinski definition) is 1. The molecule has 1 amide bonds. The van der Waals surface area contributed by atoms with E-state index in [1.807, 2.05) is 43.3 Å². The Bertz CT molecular complexity index is 1020. The van der Waals surface area contributed by atoms with Gasteiger partial charge in [-0.05, 0) is 41.5 Å². The number of sulfone groups is 1. The Morgan fingerprint density at radius 1 is 1.25 bits per heavy atom. The van der Waals surface area contributed by atoms with Gasteiger partial charge < -0.3 is 4.90 Å². The lowest BCUT2D eigenvalue weighted by atomic mass is 10.1. The zero-order valence-corrected chi connectivity index (χ0v) is 17.6. The lowest BCUT2D eigenvalue weighted by Gasteiger charge is -2.20. The molecular formula is C18H21N5O3S2. The van der Waals surface area contributed by atoms with Crippen molar-refractivity contribution in [2.75, 3.05) is 24.7 Å². The van der Waals surface area contributed by atoms with Gasteiger partial charge in [0.05, 0.1) is 11.3 Å². The van der Waals surface area contributed by atoms with Crippen molar-refractivity contribution in [2.45, 2.75) is 13.8 Å². The number of amidine groups is 2. The van der Waals surface area contributed by atoms with E-state index in [0.29, 0.717) is 0 Å². The Balaban J connectivity index is 1.91. The second-order valence-corrected chi connectivity index (χ2v) is 10.2. The highest BCUT2D eigenvalue weighted by atomic mass is 32.3. The lowest BCUT2D eigenvalue weighted by Crippen LogP contribution is -2.35. The van der Waals surface area contributed by atoms with E-state index in [4.69, 9.17) is 5.41 Å². The van der Waals surface area contributed by atoms with Crippen LogP contribution in [0.1, 0.15) is 19.4 Å². The van der Waals surface area contributed by atoms with Crippen LogP contribution in [0.5, 0.6) is 0 Å². The first kappa shape index (κ1) is 20.3. The van der Waals surface area contributed by atoms with E-state index >= 15 is 0 Å². The van der Waals surface area contributed by atoms with E-state index < -0.39 is 15.7 Å². The van der Waals surface area contributed by atoms with Gasteiger partial charge in [0.25, 0.3) is 5.91 Å². The normalized spacial score (nSPS) is 18.5. The van der Waals surface area contributed by atoms with E-state index in [-0.39, 0.29) is 32.6 Å². The van der Waals surface area contributed by atoms with Crippen LogP contribution in [0.3, 0.4) is 0 Å². The molecule has 28 heavy (non-hydrogen) atoms. The third kappa shape index (κ3) is 4.02. The summed E-state index contributed by atoms with van der Waals surface area (Å²) in [6, 6.07) is 7.47. The number of hydrazone groups is 1. The minimum atomic E-state index is -3.59. The molecule has 148 valence electrons. The number of carbonyl (C=O) groups is 1. The van der Waals surface area contributed by atoms with Crippen LogP contribution < -0.4 is 4.90 Å². The van der Waals surface area contributed by atoms with Crippen LogP contribution in [0.25, 0.3) is 6.08 Å². The summed E-state index contributed by atoms with van der Waals surface area (Å²) >= 11 is 0.808. The quantitative estimate of drug-likeness (QED) is 0.751. The van der Waals surface area contributed by atoms with Crippen molar-refractivity contribution in [3.8, 4) is 0 Å². The summed E-state index contributed by atoms with van der Waals surface area (Å²) in [6.45, 7) is 3.60. The van der Waals surface area contributed by atoms with Crippen LogP contribution in [0.2, 0.25) is 0 Å². The van der Waals surface area contributed by atoms with Crippen LogP contribution in [0.15, 0.2) is 39.9 Å². The van der Waals surface area contributed by atoms with Gasteiger partial charge in [-0.2, -0.15) is 10.0 Å². The van der Waals surface area contributed by atoms with Gasteiger partial charge in [-0.3, -0.25) is 10.2 Å². The minimum Gasteiger partial charge on any atom is -0.378 e. The topological polar surface area (TPSA) is 106 Å². The summed E-state index contributed by atoms with van der Waals surface area (Å²) in [5, 5.41) is 13.6. The van der Waals surface area contributed by atoms with Crippen LogP contribution in [-0.4, -0.2) is 54.6 Å². The Labute approximate surface area is 168 Å². The number of hydrogen-bond acceptors (Lipinski definition) is 7. The molecule has 0 aliphatic carbocycles. The summed E-state index contributed by atoms with van der Waals surface area (Å²) in [6.07, 6.45) is 1.56. The number of nitrogens with one attached hydrogen (secondary N) is 1. The highest BCUT2D eigenvalue weighted by Gasteiger charge is 2.39. The number of nitrogens with zero attached hydrogens (tertiary/aromatic N) is 4. The van der Waals surface area contributed by atoms with Gasteiger partial charge in [0.1, 0.15) is 0 Å². The van der Waals surface area contributed by atoms with Gasteiger partial charge in [0.15, 0.2) is 5.84 Å². The SMILES string of the molecule is CC(C)CS(=O)(=O)C1=NN2C(=N)/C(=C\c3ccc(N(C)C)cc3)C(=O)N=C2S1. The van der Waals surface area contributed by atoms with Gasteiger partial charge in [0.2, 0.25) is 19.4 Å². The van der Waals surface area contributed by atoms with Crippen molar-refractivity contribution in [1.29, 1.82) is 5.41 Å². The van der Waals surface area contributed by atoms with Gasteiger partial charge in [-0.25, -0.2) is 8.42 Å². The molecule has 1 N–H and O–H groups in total. The van der Waals surface area contributed by atoms with Crippen LogP contribution >= 0.6 is 11.8 Å². The summed E-state index contributed by atoms with van der Waals surface area (Å²) in [5.41, 5.74) is 1.81. The molecule has 0 radical (unpaired) electrons. The zero-order chi connectivity index (χ0) is 20.6. The second-order valence-electron chi connectivity index (χ2n) is 7.05. The second kappa shape index (κ2) is 7.51. The van der Waals surface area contributed by atoms with Crippen LogP contribution in [0, 0.1) is 11.3 Å². The maximum atomic E-state index is 12.4. The Kier molecular flexibility index (Phi) is 5.44. The number of amides is 1. The molecule has 2 heterocycles. The van der Waals surface area contributed by atoms with Crippen molar-refractivity contribution in [3.63, 3.8) is 0 Å².